The minimum Gasteiger partial charge on any atom is -0.329 e. The summed E-state index contributed by atoms with van der Waals surface area (Å²) in [5, 5.41) is 0. The summed E-state index contributed by atoms with van der Waals surface area (Å²) in [6.07, 6.45) is 1.58. The van der Waals surface area contributed by atoms with Gasteiger partial charge in [-0.1, -0.05) is 12.1 Å². The molecule has 0 unspecified atom stereocenters. The monoisotopic (exact) mass is 228 g/mol. The molecule has 0 aliphatic rings. The largest absolute Gasteiger partial charge is 0.329 e. The Balaban J connectivity index is 2.27. The SMILES string of the molecule is Cc1cc(N(C)c2ccc(CN)cc2)ncn1. The van der Waals surface area contributed by atoms with Gasteiger partial charge in [-0.25, -0.2) is 9.97 Å². The van der Waals surface area contributed by atoms with Gasteiger partial charge in [0.05, 0.1) is 0 Å². The number of benzene rings is 1. The number of hydrogen-bond donors (Lipinski definition) is 1. The zero-order valence-electron chi connectivity index (χ0n) is 10.1. The summed E-state index contributed by atoms with van der Waals surface area (Å²) < 4.78 is 0. The molecule has 0 atom stereocenters. The van der Waals surface area contributed by atoms with Crippen LogP contribution in [-0.4, -0.2) is 17.0 Å². The van der Waals surface area contributed by atoms with Crippen LogP contribution in [-0.2, 0) is 6.54 Å². The van der Waals surface area contributed by atoms with Gasteiger partial charge in [-0.2, -0.15) is 0 Å². The molecule has 0 fully saturated rings. The van der Waals surface area contributed by atoms with Gasteiger partial charge >= 0.3 is 0 Å². The topological polar surface area (TPSA) is 55.0 Å². The highest BCUT2D eigenvalue weighted by Gasteiger charge is 2.05. The van der Waals surface area contributed by atoms with Crippen molar-refractivity contribution in [1.82, 2.24) is 9.97 Å². The first-order chi connectivity index (χ1) is 8.20. The van der Waals surface area contributed by atoms with E-state index in [-0.39, 0.29) is 0 Å². The van der Waals surface area contributed by atoms with E-state index in [9.17, 15) is 0 Å². The van der Waals surface area contributed by atoms with Gasteiger partial charge in [0.25, 0.3) is 0 Å². The lowest BCUT2D eigenvalue weighted by atomic mass is 10.2. The molecular formula is C13H16N4. The van der Waals surface area contributed by atoms with Crippen molar-refractivity contribution in [2.75, 3.05) is 11.9 Å². The van der Waals surface area contributed by atoms with Crippen LogP contribution in [0.4, 0.5) is 11.5 Å². The van der Waals surface area contributed by atoms with E-state index in [0.717, 1.165) is 22.8 Å². The van der Waals surface area contributed by atoms with Crippen molar-refractivity contribution in [3.8, 4) is 0 Å². The standard InChI is InChI=1S/C13H16N4/c1-10-7-13(16-9-15-10)17(2)12-5-3-11(8-14)4-6-12/h3-7,9H,8,14H2,1-2H3. The molecule has 1 aromatic heterocycles. The summed E-state index contributed by atoms with van der Waals surface area (Å²) >= 11 is 0. The molecule has 0 amide bonds. The van der Waals surface area contributed by atoms with Gasteiger partial charge in [0.15, 0.2) is 0 Å². The summed E-state index contributed by atoms with van der Waals surface area (Å²) in [6.45, 7) is 2.52. The quantitative estimate of drug-likeness (QED) is 0.873. The van der Waals surface area contributed by atoms with E-state index in [4.69, 9.17) is 5.73 Å². The fourth-order valence-corrected chi connectivity index (χ4v) is 1.61. The minimum absolute atomic E-state index is 0.566. The average Bonchev–Trinajstić information content (AvgIpc) is 2.38. The third-order valence-electron chi connectivity index (χ3n) is 2.69. The summed E-state index contributed by atoms with van der Waals surface area (Å²) in [5.41, 5.74) is 8.74. The van der Waals surface area contributed by atoms with E-state index in [0.29, 0.717) is 6.54 Å². The lowest BCUT2D eigenvalue weighted by molar-refractivity contribution is 1.04. The highest BCUT2D eigenvalue weighted by Crippen LogP contribution is 2.21. The van der Waals surface area contributed by atoms with Gasteiger partial charge in [0.1, 0.15) is 12.1 Å². The highest BCUT2D eigenvalue weighted by atomic mass is 15.2. The first-order valence-electron chi connectivity index (χ1n) is 5.52. The number of nitrogens with zero attached hydrogens (tertiary/aromatic N) is 3. The third-order valence-corrected chi connectivity index (χ3v) is 2.69. The molecule has 2 rings (SSSR count). The Hall–Kier alpha value is -1.94. The summed E-state index contributed by atoms with van der Waals surface area (Å²) in [5.74, 6) is 0.887. The van der Waals surface area contributed by atoms with Gasteiger partial charge in [-0.05, 0) is 24.6 Å². The highest BCUT2D eigenvalue weighted by molar-refractivity contribution is 5.59. The van der Waals surface area contributed by atoms with Gasteiger partial charge in [-0.3, -0.25) is 0 Å². The van der Waals surface area contributed by atoms with Gasteiger partial charge < -0.3 is 10.6 Å². The average molecular weight is 228 g/mol. The van der Waals surface area contributed by atoms with Crippen LogP contribution in [0.5, 0.6) is 0 Å². The van der Waals surface area contributed by atoms with Crippen molar-refractivity contribution in [3.05, 3.63) is 47.9 Å². The predicted octanol–water partition coefficient (Wildman–Crippen LogP) is 2.01. The van der Waals surface area contributed by atoms with Crippen LogP contribution in [0.15, 0.2) is 36.7 Å². The molecule has 0 aliphatic carbocycles. The maximum absolute atomic E-state index is 5.57. The maximum atomic E-state index is 5.57. The van der Waals surface area contributed by atoms with Crippen molar-refractivity contribution in [2.45, 2.75) is 13.5 Å². The van der Waals surface area contributed by atoms with Crippen LogP contribution >= 0.6 is 0 Å². The smallest absolute Gasteiger partial charge is 0.136 e. The molecule has 17 heavy (non-hydrogen) atoms. The number of nitrogens with two attached hydrogens (primary N) is 1. The molecule has 88 valence electrons. The Kier molecular flexibility index (Phi) is 3.35. The lowest BCUT2D eigenvalue weighted by Gasteiger charge is -2.18. The molecule has 4 nitrogen and oxygen atoms in total. The Morgan fingerprint density at radius 2 is 1.88 bits per heavy atom. The molecule has 2 aromatic rings. The summed E-state index contributed by atoms with van der Waals surface area (Å²) in [6, 6.07) is 10.1. The van der Waals surface area contributed by atoms with Crippen molar-refractivity contribution >= 4 is 11.5 Å². The molecule has 1 aromatic carbocycles. The van der Waals surface area contributed by atoms with Gasteiger partial charge in [0, 0.05) is 31.0 Å². The second kappa shape index (κ2) is 4.93. The molecule has 4 heteroatoms. The molecule has 0 saturated heterocycles. The van der Waals surface area contributed by atoms with Crippen molar-refractivity contribution in [1.29, 1.82) is 0 Å². The molecular weight excluding hydrogens is 212 g/mol. The number of aryl methyl sites for hydroxylation is 1. The number of anilines is 2. The van der Waals surface area contributed by atoms with Crippen molar-refractivity contribution in [3.63, 3.8) is 0 Å². The first-order valence-corrected chi connectivity index (χ1v) is 5.52. The van der Waals surface area contributed by atoms with Crippen LogP contribution in [0.1, 0.15) is 11.3 Å². The van der Waals surface area contributed by atoms with Crippen LogP contribution in [0.25, 0.3) is 0 Å². The zero-order valence-corrected chi connectivity index (χ0v) is 10.1. The predicted molar refractivity (Wildman–Crippen MR) is 69.2 cm³/mol. The number of rotatable bonds is 3. The number of aromatic nitrogens is 2. The Morgan fingerprint density at radius 1 is 1.18 bits per heavy atom. The van der Waals surface area contributed by atoms with Crippen LogP contribution < -0.4 is 10.6 Å². The molecule has 0 aliphatic heterocycles. The van der Waals surface area contributed by atoms with Crippen molar-refractivity contribution in [2.24, 2.45) is 5.73 Å². The van der Waals surface area contributed by atoms with Crippen LogP contribution in [0, 0.1) is 6.92 Å². The van der Waals surface area contributed by atoms with Crippen LogP contribution in [0.2, 0.25) is 0 Å². The summed E-state index contributed by atoms with van der Waals surface area (Å²) in [4.78, 5) is 10.4. The second-order valence-corrected chi connectivity index (χ2v) is 3.95. The number of hydrogen-bond acceptors (Lipinski definition) is 4. The van der Waals surface area contributed by atoms with E-state index in [1.807, 2.05) is 49.2 Å². The van der Waals surface area contributed by atoms with E-state index >= 15 is 0 Å². The zero-order chi connectivity index (χ0) is 12.3. The molecule has 0 radical (unpaired) electrons. The maximum Gasteiger partial charge on any atom is 0.136 e. The van der Waals surface area contributed by atoms with E-state index in [2.05, 4.69) is 9.97 Å². The molecule has 2 N–H and O–H groups in total. The van der Waals surface area contributed by atoms with Crippen LogP contribution in [0.3, 0.4) is 0 Å². The Labute approximate surface area is 101 Å². The molecule has 0 spiro atoms. The molecule has 0 bridgehead atoms. The normalized spacial score (nSPS) is 10.3. The second-order valence-electron chi connectivity index (χ2n) is 3.95. The third kappa shape index (κ3) is 2.60. The van der Waals surface area contributed by atoms with E-state index in [1.54, 1.807) is 6.33 Å². The lowest BCUT2D eigenvalue weighted by Crippen LogP contribution is -2.11. The Bertz CT molecular complexity index is 493. The molecule has 0 saturated carbocycles. The van der Waals surface area contributed by atoms with Gasteiger partial charge in [0.2, 0.25) is 0 Å². The van der Waals surface area contributed by atoms with Gasteiger partial charge in [-0.15, -0.1) is 0 Å². The van der Waals surface area contributed by atoms with E-state index in [1.165, 1.54) is 0 Å². The Morgan fingerprint density at radius 3 is 2.47 bits per heavy atom. The van der Waals surface area contributed by atoms with Crippen molar-refractivity contribution < 1.29 is 0 Å². The molecule has 1 heterocycles. The van der Waals surface area contributed by atoms with E-state index < -0.39 is 0 Å². The first kappa shape index (κ1) is 11.5. The fourth-order valence-electron chi connectivity index (χ4n) is 1.61. The minimum atomic E-state index is 0.566. The fraction of sp³-hybridized carbons (Fsp3) is 0.231. The summed E-state index contributed by atoms with van der Waals surface area (Å²) in [7, 11) is 1.99.